The van der Waals surface area contributed by atoms with E-state index >= 15 is 0 Å². The molecule has 0 aliphatic heterocycles. The average molecular weight is 201 g/mol. The van der Waals surface area contributed by atoms with Crippen molar-refractivity contribution in [1.29, 1.82) is 0 Å². The van der Waals surface area contributed by atoms with Crippen LogP contribution in [0.5, 0.6) is 0 Å². The van der Waals surface area contributed by atoms with E-state index in [0.717, 1.165) is 0 Å². The minimum Gasteiger partial charge on any atom is -0.220 e. The van der Waals surface area contributed by atoms with E-state index in [-0.39, 0.29) is 0 Å². The lowest BCUT2D eigenvalue weighted by Gasteiger charge is -2.24. The Morgan fingerprint density at radius 1 is 0.917 bits per heavy atom. The van der Waals surface area contributed by atoms with Gasteiger partial charge in [0.15, 0.2) is 0 Å². The lowest BCUT2D eigenvalue weighted by Crippen LogP contribution is -2.49. The summed E-state index contributed by atoms with van der Waals surface area (Å²) < 4.78 is 90.4. The molecule has 0 spiro atoms. The first-order chi connectivity index (χ1) is 5.14. The molecule has 0 aromatic rings. The van der Waals surface area contributed by atoms with Crippen molar-refractivity contribution in [3.8, 4) is 0 Å². The summed E-state index contributed by atoms with van der Waals surface area (Å²) in [6.45, 7) is 0. The number of halogens is 8. The molecule has 0 fully saturated rings. The molecule has 0 aromatic carbocycles. The summed E-state index contributed by atoms with van der Waals surface area (Å²) in [7, 11) is 0. The molecular formula is C4HF8. The lowest BCUT2D eigenvalue weighted by molar-refractivity contribution is -0.279. The fourth-order valence-electron chi connectivity index (χ4n) is 0.313. The second-order valence-electron chi connectivity index (χ2n) is 1.77. The molecule has 1 atom stereocenters. The zero-order chi connectivity index (χ0) is 10.2. The van der Waals surface area contributed by atoms with E-state index in [1.54, 1.807) is 0 Å². The highest BCUT2D eigenvalue weighted by atomic mass is 19.4. The van der Waals surface area contributed by atoms with Gasteiger partial charge in [-0.2, -0.15) is 22.0 Å². The van der Waals surface area contributed by atoms with E-state index in [1.165, 1.54) is 0 Å². The molecule has 8 heteroatoms. The zero-order valence-electron chi connectivity index (χ0n) is 5.10. The number of alkyl halides is 6. The predicted molar refractivity (Wildman–Crippen MR) is 21.4 cm³/mol. The molecule has 12 heavy (non-hydrogen) atoms. The predicted octanol–water partition coefficient (Wildman–Crippen LogP) is 2.95. The van der Waals surface area contributed by atoms with Gasteiger partial charge in [-0.1, -0.05) is 0 Å². The van der Waals surface area contributed by atoms with Crippen LogP contribution in [0.25, 0.3) is 0 Å². The molecule has 0 saturated carbocycles. The Morgan fingerprint density at radius 2 is 1.25 bits per heavy atom. The first-order valence-corrected chi connectivity index (χ1v) is 2.36. The normalized spacial score (nSPS) is 14.5. The van der Waals surface area contributed by atoms with E-state index < -0.39 is 24.7 Å². The third-order valence-electron chi connectivity index (χ3n) is 0.988. The standard InChI is InChI=1S/C4HF8/c5-1(6)3(9,2(7)8)4(10,11)12/h1H. The summed E-state index contributed by atoms with van der Waals surface area (Å²) in [6.07, 6.45) is -15.1. The third kappa shape index (κ3) is 1.61. The van der Waals surface area contributed by atoms with E-state index in [0.29, 0.717) is 0 Å². The Labute approximate surface area is 61.2 Å². The Bertz CT molecular complexity index is 138. The lowest BCUT2D eigenvalue weighted by atomic mass is 10.1. The molecule has 0 heterocycles. The summed E-state index contributed by atoms with van der Waals surface area (Å²) >= 11 is 0. The highest BCUT2D eigenvalue weighted by Gasteiger charge is 2.70. The first kappa shape index (κ1) is 11.4. The molecule has 0 nitrogen and oxygen atoms in total. The van der Waals surface area contributed by atoms with Gasteiger partial charge in [0.2, 0.25) is 0 Å². The average Bonchev–Trinajstić information content (AvgIpc) is 1.82. The van der Waals surface area contributed by atoms with Gasteiger partial charge < -0.3 is 0 Å². The van der Waals surface area contributed by atoms with Crippen LogP contribution in [0.15, 0.2) is 0 Å². The highest BCUT2D eigenvalue weighted by molar-refractivity contribution is 5.02. The Kier molecular flexibility index (Phi) is 2.92. The summed E-state index contributed by atoms with van der Waals surface area (Å²) in [5, 5.41) is 0. The van der Waals surface area contributed by atoms with E-state index in [9.17, 15) is 35.1 Å². The Hall–Kier alpha value is -0.560. The summed E-state index contributed by atoms with van der Waals surface area (Å²) in [5.74, 6) is 0. The van der Waals surface area contributed by atoms with Crippen molar-refractivity contribution in [3.05, 3.63) is 6.43 Å². The third-order valence-corrected chi connectivity index (χ3v) is 0.988. The first-order valence-electron chi connectivity index (χ1n) is 2.36. The molecule has 1 unspecified atom stereocenters. The molecule has 0 bridgehead atoms. The van der Waals surface area contributed by atoms with Crippen LogP contribution in [-0.4, -0.2) is 18.3 Å². The second kappa shape index (κ2) is 3.06. The van der Waals surface area contributed by atoms with Crippen LogP contribution in [0, 0.1) is 6.43 Å². The van der Waals surface area contributed by atoms with Crippen LogP contribution in [0.1, 0.15) is 0 Å². The summed E-state index contributed by atoms with van der Waals surface area (Å²) in [4.78, 5) is 0. The van der Waals surface area contributed by atoms with Gasteiger partial charge in [0, 0.05) is 0 Å². The molecule has 0 saturated heterocycles. The second-order valence-corrected chi connectivity index (χ2v) is 1.77. The van der Waals surface area contributed by atoms with Crippen molar-refractivity contribution in [2.75, 3.05) is 0 Å². The van der Waals surface area contributed by atoms with Crippen molar-refractivity contribution in [2.45, 2.75) is 18.3 Å². The maximum absolute atomic E-state index is 11.9. The van der Waals surface area contributed by atoms with Crippen molar-refractivity contribution < 1.29 is 35.1 Å². The van der Waals surface area contributed by atoms with Gasteiger partial charge >= 0.3 is 18.3 Å². The maximum Gasteiger partial charge on any atom is 0.434 e. The molecule has 73 valence electrons. The maximum atomic E-state index is 11.9. The Balaban J connectivity index is 4.89. The van der Waals surface area contributed by atoms with Gasteiger partial charge in [-0.05, 0) is 0 Å². The molecule has 0 aliphatic carbocycles. The van der Waals surface area contributed by atoms with Gasteiger partial charge in [0.25, 0.3) is 6.43 Å². The summed E-state index contributed by atoms with van der Waals surface area (Å²) in [5.41, 5.74) is -5.81. The van der Waals surface area contributed by atoms with Crippen LogP contribution < -0.4 is 0 Å². The van der Waals surface area contributed by atoms with E-state index in [2.05, 4.69) is 0 Å². The van der Waals surface area contributed by atoms with Gasteiger partial charge in [0.05, 0.1) is 0 Å². The minimum absolute atomic E-state index is 4.00. The van der Waals surface area contributed by atoms with Crippen LogP contribution >= 0.6 is 0 Å². The van der Waals surface area contributed by atoms with Crippen molar-refractivity contribution >= 4 is 0 Å². The fourth-order valence-corrected chi connectivity index (χ4v) is 0.313. The molecule has 1 radical (unpaired) electrons. The fraction of sp³-hybridized carbons (Fsp3) is 0.750. The quantitative estimate of drug-likeness (QED) is 0.602. The van der Waals surface area contributed by atoms with Gasteiger partial charge in [0.1, 0.15) is 0 Å². The largest absolute Gasteiger partial charge is 0.434 e. The molecule has 0 aromatic heterocycles. The summed E-state index contributed by atoms with van der Waals surface area (Å²) in [6, 6.07) is 0. The number of hydrogen-bond donors (Lipinski definition) is 0. The SMILES string of the molecule is F[C](F)C(F)(C(F)F)C(F)(F)F. The van der Waals surface area contributed by atoms with Crippen molar-refractivity contribution in [2.24, 2.45) is 0 Å². The van der Waals surface area contributed by atoms with Crippen molar-refractivity contribution in [3.63, 3.8) is 0 Å². The minimum atomic E-state index is -6.31. The number of hydrogen-bond acceptors (Lipinski definition) is 0. The highest BCUT2D eigenvalue weighted by Crippen LogP contribution is 2.46. The van der Waals surface area contributed by atoms with Crippen LogP contribution in [-0.2, 0) is 0 Å². The van der Waals surface area contributed by atoms with Gasteiger partial charge in [-0.3, -0.25) is 0 Å². The monoisotopic (exact) mass is 201 g/mol. The van der Waals surface area contributed by atoms with Gasteiger partial charge in [-0.25, -0.2) is 13.2 Å². The van der Waals surface area contributed by atoms with Gasteiger partial charge in [-0.15, -0.1) is 0 Å². The smallest absolute Gasteiger partial charge is 0.220 e. The number of rotatable bonds is 2. The molecule has 0 N–H and O–H groups in total. The van der Waals surface area contributed by atoms with E-state index in [4.69, 9.17) is 0 Å². The van der Waals surface area contributed by atoms with Crippen molar-refractivity contribution in [1.82, 2.24) is 0 Å². The topological polar surface area (TPSA) is 0 Å². The molecule has 0 aliphatic rings. The molecular weight excluding hydrogens is 200 g/mol. The van der Waals surface area contributed by atoms with Crippen LogP contribution in [0.3, 0.4) is 0 Å². The molecule has 0 amide bonds. The zero-order valence-corrected chi connectivity index (χ0v) is 5.10. The Morgan fingerprint density at radius 3 is 1.25 bits per heavy atom. The van der Waals surface area contributed by atoms with Crippen LogP contribution in [0.4, 0.5) is 35.1 Å². The van der Waals surface area contributed by atoms with Crippen LogP contribution in [0.2, 0.25) is 0 Å². The molecule has 0 rings (SSSR count). The van der Waals surface area contributed by atoms with E-state index in [1.807, 2.05) is 0 Å².